The van der Waals surface area contributed by atoms with E-state index >= 15 is 0 Å². The molecule has 3 aliphatic rings. The van der Waals surface area contributed by atoms with Crippen LogP contribution in [0, 0.1) is 23.7 Å². The Morgan fingerprint density at radius 1 is 0.860 bits per heavy atom. The molecule has 13 heteroatoms. The molecule has 0 bridgehead atoms. The van der Waals surface area contributed by atoms with E-state index in [9.17, 15) is 30.0 Å². The molecule has 13 nitrogen and oxygen atoms in total. The van der Waals surface area contributed by atoms with Crippen LogP contribution in [0.15, 0.2) is 0 Å². The number of esters is 1. The molecule has 3 heterocycles. The van der Waals surface area contributed by atoms with Crippen molar-refractivity contribution in [3.05, 3.63) is 0 Å². The van der Waals surface area contributed by atoms with Gasteiger partial charge in [-0.25, -0.2) is 0 Å². The predicted molar refractivity (Wildman–Crippen MR) is 185 cm³/mol. The number of nitrogens with zero attached hydrogens (tertiary/aromatic N) is 1. The summed E-state index contributed by atoms with van der Waals surface area (Å²) in [6, 6.07) is 0.153. The second kappa shape index (κ2) is 16.8. The maximum atomic E-state index is 14.1. The van der Waals surface area contributed by atoms with Crippen molar-refractivity contribution in [2.45, 2.75) is 179 Å². The molecule has 0 amide bonds. The van der Waals surface area contributed by atoms with E-state index in [0.29, 0.717) is 6.42 Å². The van der Waals surface area contributed by atoms with E-state index in [-0.39, 0.29) is 37.2 Å². The topological polar surface area (TPSA) is 174 Å². The second-order valence-corrected chi connectivity index (χ2v) is 16.4. The van der Waals surface area contributed by atoms with E-state index in [1.54, 1.807) is 41.5 Å². The van der Waals surface area contributed by atoms with Crippen LogP contribution in [-0.2, 0) is 38.0 Å². The maximum absolute atomic E-state index is 14.1. The van der Waals surface area contributed by atoms with Crippen LogP contribution >= 0.6 is 0 Å². The van der Waals surface area contributed by atoms with Crippen LogP contribution in [-0.4, -0.2) is 136 Å². The van der Waals surface area contributed by atoms with Gasteiger partial charge in [-0.1, -0.05) is 27.7 Å². The molecular weight excluding hydrogens is 650 g/mol. The molecule has 17 atom stereocenters. The van der Waals surface area contributed by atoms with Gasteiger partial charge in [0.25, 0.3) is 0 Å². The molecule has 0 aromatic heterocycles. The summed E-state index contributed by atoms with van der Waals surface area (Å²) >= 11 is 0. The Bertz CT molecular complexity index is 1130. The van der Waals surface area contributed by atoms with Gasteiger partial charge in [0.1, 0.15) is 23.6 Å². The van der Waals surface area contributed by atoms with Crippen molar-refractivity contribution >= 4 is 11.8 Å². The minimum atomic E-state index is -1.96. The Hall–Kier alpha value is -1.26. The Morgan fingerprint density at radius 2 is 1.48 bits per heavy atom. The van der Waals surface area contributed by atoms with Crippen molar-refractivity contribution in [3.8, 4) is 0 Å². The fraction of sp³-hybridized carbons (Fsp3) is 0.946. The minimum Gasteiger partial charge on any atom is -0.459 e. The van der Waals surface area contributed by atoms with Gasteiger partial charge in [0.2, 0.25) is 0 Å². The maximum Gasteiger partial charge on any atom is 0.311 e. The summed E-state index contributed by atoms with van der Waals surface area (Å²) in [5, 5.41) is 46.1. The highest BCUT2D eigenvalue weighted by Gasteiger charge is 2.52. The van der Waals surface area contributed by atoms with Gasteiger partial charge in [-0.3, -0.25) is 9.59 Å². The zero-order chi connectivity index (χ0) is 38.1. The summed E-state index contributed by atoms with van der Waals surface area (Å²) in [6.45, 7) is 16.8. The largest absolute Gasteiger partial charge is 0.459 e. The Kier molecular flexibility index (Phi) is 14.5. The number of aliphatic hydroxyl groups excluding tert-OH is 2. The summed E-state index contributed by atoms with van der Waals surface area (Å²) in [4.78, 5) is 30.0. The van der Waals surface area contributed by atoms with Crippen LogP contribution in [0.2, 0.25) is 0 Å². The monoisotopic (exact) mass is 717 g/mol. The van der Waals surface area contributed by atoms with Crippen LogP contribution < -0.4 is 0 Å². The van der Waals surface area contributed by atoms with Crippen LogP contribution in [0.4, 0.5) is 0 Å². The van der Waals surface area contributed by atoms with Gasteiger partial charge < -0.3 is 53.7 Å². The van der Waals surface area contributed by atoms with Gasteiger partial charge in [0.15, 0.2) is 12.6 Å². The van der Waals surface area contributed by atoms with Gasteiger partial charge in [0.05, 0.1) is 47.6 Å². The number of carbonyl (C=O) groups is 2. The predicted octanol–water partition coefficient (Wildman–Crippen LogP) is 2.81. The highest BCUT2D eigenvalue weighted by molar-refractivity contribution is 5.83. The van der Waals surface area contributed by atoms with Crippen LogP contribution in [0.1, 0.15) is 101 Å². The third kappa shape index (κ3) is 9.45. The molecule has 3 rings (SSSR count). The summed E-state index contributed by atoms with van der Waals surface area (Å²) in [5.41, 5.74) is -4.64. The standard InChI is InChI=1S/C37H67NO12/c1-14-26-37(10,44)31(40)21(4)29(39)19(2)17-35(8,43)33(50-27-16-25(38(11)12)15-20(3)46-27)22(5)30(23(6)34(42)48-26)49-28-18-36(9,45-13)32(41)24(7)47-28/h19-28,30-33,40-41,43-44H,14-18H2,1-13H3/t19-,20?,21+,22+,23-,24+,25?,26-,27+,28+,30+,31?,32+,33-,35-,36?,37-/m1/s1. The van der Waals surface area contributed by atoms with Crippen molar-refractivity contribution in [1.29, 1.82) is 0 Å². The first-order chi connectivity index (χ1) is 23.0. The van der Waals surface area contributed by atoms with Gasteiger partial charge >= 0.3 is 5.97 Å². The fourth-order valence-corrected chi connectivity index (χ4v) is 8.36. The average molecular weight is 718 g/mol. The van der Waals surface area contributed by atoms with E-state index in [4.69, 9.17) is 28.4 Å². The van der Waals surface area contributed by atoms with Crippen LogP contribution in [0.3, 0.4) is 0 Å². The Labute approximate surface area is 299 Å². The SMILES string of the molecule is CC[C@H]1OC(=O)[C@H](C)[C@@H](O[C@H]2CC(C)(OC)[C@@H](O)[C@H](C)O2)[C@H](C)[C@@H](O[C@H]2CC(N(C)C)CC(C)O2)[C@](C)(O)C[C@@H](C)C(=O)[C@H](C)C(O)[C@]1(C)O. The summed E-state index contributed by atoms with van der Waals surface area (Å²) in [5.74, 6) is -4.57. The molecule has 4 unspecified atom stereocenters. The molecule has 3 saturated heterocycles. The van der Waals surface area contributed by atoms with Crippen LogP contribution in [0.5, 0.6) is 0 Å². The first-order valence-corrected chi connectivity index (χ1v) is 18.4. The zero-order valence-corrected chi connectivity index (χ0v) is 32.6. The number of carbonyl (C=O) groups excluding carboxylic acids is 2. The normalized spacial score (nSPS) is 49.0. The lowest BCUT2D eigenvalue weighted by atomic mass is 9.74. The number of hydrogen-bond acceptors (Lipinski definition) is 13. The molecule has 0 saturated carbocycles. The lowest BCUT2D eigenvalue weighted by Crippen LogP contribution is -2.60. The van der Waals surface area contributed by atoms with Gasteiger partial charge in [-0.05, 0) is 74.9 Å². The molecule has 0 radical (unpaired) electrons. The molecule has 4 N–H and O–H groups in total. The number of ether oxygens (including phenoxy) is 6. The molecule has 0 aromatic carbocycles. The summed E-state index contributed by atoms with van der Waals surface area (Å²) in [7, 11) is 5.50. The molecule has 292 valence electrons. The van der Waals surface area contributed by atoms with E-state index in [1.807, 2.05) is 27.9 Å². The molecule has 3 aliphatic heterocycles. The number of aliphatic hydroxyl groups is 4. The molecule has 3 fully saturated rings. The smallest absolute Gasteiger partial charge is 0.311 e. The van der Waals surface area contributed by atoms with Crippen molar-refractivity contribution in [3.63, 3.8) is 0 Å². The number of rotatable bonds is 7. The van der Waals surface area contributed by atoms with E-state index in [2.05, 4.69) is 4.90 Å². The molecule has 50 heavy (non-hydrogen) atoms. The first kappa shape index (κ1) is 43.1. The van der Waals surface area contributed by atoms with E-state index < -0.39 is 95.6 Å². The summed E-state index contributed by atoms with van der Waals surface area (Å²) < 4.78 is 37.4. The Balaban J connectivity index is 2.15. The van der Waals surface area contributed by atoms with Crippen molar-refractivity contribution in [2.24, 2.45) is 23.7 Å². The van der Waals surface area contributed by atoms with E-state index in [0.717, 1.165) is 6.42 Å². The first-order valence-electron chi connectivity index (χ1n) is 18.4. The molecule has 0 aliphatic carbocycles. The summed E-state index contributed by atoms with van der Waals surface area (Å²) in [6.07, 6.45) is -6.53. The van der Waals surface area contributed by atoms with Crippen molar-refractivity contribution in [1.82, 2.24) is 4.90 Å². The average Bonchev–Trinajstić information content (AvgIpc) is 3.04. The van der Waals surface area contributed by atoms with Crippen LogP contribution in [0.25, 0.3) is 0 Å². The highest BCUT2D eigenvalue weighted by atomic mass is 16.7. The number of hydrogen-bond donors (Lipinski definition) is 4. The number of Topliss-reactive ketones (excluding diaryl/α,β-unsaturated/α-hetero) is 1. The van der Waals surface area contributed by atoms with E-state index in [1.165, 1.54) is 21.0 Å². The number of ketones is 1. The molecule has 0 spiro atoms. The lowest BCUT2D eigenvalue weighted by Gasteiger charge is -2.48. The highest BCUT2D eigenvalue weighted by Crippen LogP contribution is 2.40. The van der Waals surface area contributed by atoms with Gasteiger partial charge in [-0.15, -0.1) is 0 Å². The van der Waals surface area contributed by atoms with Crippen molar-refractivity contribution < 1.29 is 58.4 Å². The second-order valence-electron chi connectivity index (χ2n) is 16.4. The van der Waals surface area contributed by atoms with Gasteiger partial charge in [0, 0.05) is 43.7 Å². The zero-order valence-electron chi connectivity index (χ0n) is 32.6. The van der Waals surface area contributed by atoms with Gasteiger partial charge in [-0.2, -0.15) is 0 Å². The lowest BCUT2D eigenvalue weighted by molar-refractivity contribution is -0.308. The van der Waals surface area contributed by atoms with Crippen molar-refractivity contribution in [2.75, 3.05) is 21.2 Å². The Morgan fingerprint density at radius 3 is 2.04 bits per heavy atom. The number of cyclic esters (lactones) is 1. The quantitative estimate of drug-likeness (QED) is 0.284. The molecular formula is C37H67NO12. The minimum absolute atomic E-state index is 0.0485. The molecule has 0 aromatic rings. The third-order valence-corrected chi connectivity index (χ3v) is 11.7. The number of methoxy groups -OCH3 is 1. The third-order valence-electron chi connectivity index (χ3n) is 11.7. The fourth-order valence-electron chi connectivity index (χ4n) is 8.36.